The van der Waals surface area contributed by atoms with E-state index in [2.05, 4.69) is 0 Å². The maximum Gasteiger partial charge on any atom is 0.172 e. The molecule has 0 aliphatic heterocycles. The zero-order valence-electron chi connectivity index (χ0n) is 10.2. The van der Waals surface area contributed by atoms with E-state index in [-0.39, 0.29) is 0 Å². The van der Waals surface area contributed by atoms with E-state index < -0.39 is 0 Å². The van der Waals surface area contributed by atoms with Gasteiger partial charge in [-0.1, -0.05) is 0 Å². The summed E-state index contributed by atoms with van der Waals surface area (Å²) in [5, 5.41) is 0. The van der Waals surface area contributed by atoms with E-state index in [0.717, 1.165) is 17.4 Å². The standard InChI is InChI=1S/C12H16O4/c1-7-9(6-13)12(16-5)11(15-4)8(2)10(7)14-3/h6H,1-5H3. The Balaban J connectivity index is 3.67. The van der Waals surface area contributed by atoms with Crippen LogP contribution in [0.3, 0.4) is 0 Å². The Morgan fingerprint density at radius 3 is 1.69 bits per heavy atom. The van der Waals surface area contributed by atoms with Crippen molar-refractivity contribution in [1.82, 2.24) is 0 Å². The van der Waals surface area contributed by atoms with Crippen molar-refractivity contribution in [3.63, 3.8) is 0 Å². The molecule has 88 valence electrons. The summed E-state index contributed by atoms with van der Waals surface area (Å²) in [5.41, 5.74) is 2.04. The monoisotopic (exact) mass is 224 g/mol. The molecule has 0 amide bonds. The number of rotatable bonds is 4. The van der Waals surface area contributed by atoms with Crippen LogP contribution in [0.15, 0.2) is 0 Å². The van der Waals surface area contributed by atoms with Gasteiger partial charge in [0.05, 0.1) is 26.9 Å². The molecule has 0 atom stereocenters. The fourth-order valence-electron chi connectivity index (χ4n) is 1.87. The first kappa shape index (κ1) is 12.4. The molecule has 0 unspecified atom stereocenters. The first-order valence-corrected chi connectivity index (χ1v) is 4.86. The molecule has 0 radical (unpaired) electrons. The molecule has 1 rings (SSSR count). The van der Waals surface area contributed by atoms with Crippen LogP contribution in [-0.2, 0) is 0 Å². The zero-order chi connectivity index (χ0) is 12.3. The SMILES string of the molecule is COc1c(C)c(C=O)c(OC)c(OC)c1C. The Bertz CT molecular complexity index is 410. The lowest BCUT2D eigenvalue weighted by molar-refractivity contribution is 0.111. The minimum Gasteiger partial charge on any atom is -0.496 e. The van der Waals surface area contributed by atoms with Gasteiger partial charge in [-0.05, 0) is 13.8 Å². The van der Waals surface area contributed by atoms with Gasteiger partial charge >= 0.3 is 0 Å². The minimum absolute atomic E-state index is 0.452. The second-order valence-electron chi connectivity index (χ2n) is 3.38. The number of aldehydes is 1. The summed E-state index contributed by atoms with van der Waals surface area (Å²) < 4.78 is 15.7. The lowest BCUT2D eigenvalue weighted by atomic mass is 10.0. The summed E-state index contributed by atoms with van der Waals surface area (Å²) in [5.74, 6) is 1.64. The lowest BCUT2D eigenvalue weighted by Gasteiger charge is -2.18. The van der Waals surface area contributed by atoms with E-state index >= 15 is 0 Å². The molecule has 16 heavy (non-hydrogen) atoms. The molecule has 0 aliphatic rings. The molecule has 0 aromatic heterocycles. The van der Waals surface area contributed by atoms with Crippen LogP contribution in [0.25, 0.3) is 0 Å². The number of carbonyl (C=O) groups excluding carboxylic acids is 1. The molecule has 0 fully saturated rings. The largest absolute Gasteiger partial charge is 0.496 e. The summed E-state index contributed by atoms with van der Waals surface area (Å²) in [4.78, 5) is 11.1. The molecule has 1 aromatic carbocycles. The third-order valence-corrected chi connectivity index (χ3v) is 2.61. The van der Waals surface area contributed by atoms with Gasteiger partial charge in [0, 0.05) is 11.1 Å². The summed E-state index contributed by atoms with van der Waals surface area (Å²) in [6.45, 7) is 3.68. The van der Waals surface area contributed by atoms with Crippen molar-refractivity contribution < 1.29 is 19.0 Å². The molecule has 0 bridgehead atoms. The van der Waals surface area contributed by atoms with Gasteiger partial charge in [0.15, 0.2) is 17.8 Å². The fourth-order valence-corrected chi connectivity index (χ4v) is 1.87. The van der Waals surface area contributed by atoms with Crippen LogP contribution in [0.2, 0.25) is 0 Å². The molecule has 0 N–H and O–H groups in total. The molecule has 4 nitrogen and oxygen atoms in total. The quantitative estimate of drug-likeness (QED) is 0.735. The number of benzene rings is 1. The molecule has 4 heteroatoms. The second kappa shape index (κ2) is 4.88. The van der Waals surface area contributed by atoms with Gasteiger partial charge in [0.25, 0.3) is 0 Å². The molecule has 0 aliphatic carbocycles. The Labute approximate surface area is 95.1 Å². The number of ether oxygens (including phenoxy) is 3. The van der Waals surface area contributed by atoms with E-state index in [1.54, 1.807) is 7.11 Å². The Morgan fingerprint density at radius 2 is 1.31 bits per heavy atom. The van der Waals surface area contributed by atoms with Crippen LogP contribution >= 0.6 is 0 Å². The van der Waals surface area contributed by atoms with Crippen molar-refractivity contribution in [2.75, 3.05) is 21.3 Å². The average Bonchev–Trinajstić information content (AvgIpc) is 2.29. The average molecular weight is 224 g/mol. The normalized spacial score (nSPS) is 9.81. The predicted octanol–water partition coefficient (Wildman–Crippen LogP) is 2.14. The maximum absolute atomic E-state index is 11.1. The second-order valence-corrected chi connectivity index (χ2v) is 3.38. The van der Waals surface area contributed by atoms with Gasteiger partial charge in [0.1, 0.15) is 5.75 Å². The van der Waals surface area contributed by atoms with E-state index in [4.69, 9.17) is 14.2 Å². The molecule has 1 aromatic rings. The van der Waals surface area contributed by atoms with Gasteiger partial charge in [-0.2, -0.15) is 0 Å². The molecule has 0 spiro atoms. The predicted molar refractivity (Wildman–Crippen MR) is 61.0 cm³/mol. The van der Waals surface area contributed by atoms with Crippen molar-refractivity contribution in [2.24, 2.45) is 0 Å². The van der Waals surface area contributed by atoms with Gasteiger partial charge < -0.3 is 14.2 Å². The van der Waals surface area contributed by atoms with Crippen LogP contribution in [-0.4, -0.2) is 27.6 Å². The van der Waals surface area contributed by atoms with Crippen LogP contribution in [0.5, 0.6) is 17.2 Å². The van der Waals surface area contributed by atoms with Crippen LogP contribution < -0.4 is 14.2 Å². The lowest BCUT2D eigenvalue weighted by Crippen LogP contribution is -2.03. The molecular formula is C12H16O4. The van der Waals surface area contributed by atoms with Crippen molar-refractivity contribution in [1.29, 1.82) is 0 Å². The van der Waals surface area contributed by atoms with Gasteiger partial charge in [0.2, 0.25) is 0 Å². The van der Waals surface area contributed by atoms with Crippen molar-refractivity contribution >= 4 is 6.29 Å². The molecular weight excluding hydrogens is 208 g/mol. The van der Waals surface area contributed by atoms with Gasteiger partial charge in [-0.25, -0.2) is 0 Å². The highest BCUT2D eigenvalue weighted by molar-refractivity contribution is 5.86. The smallest absolute Gasteiger partial charge is 0.172 e. The summed E-state index contributed by atoms with van der Waals surface area (Å²) in [6.07, 6.45) is 0.749. The maximum atomic E-state index is 11.1. The summed E-state index contributed by atoms with van der Waals surface area (Å²) in [6, 6.07) is 0. The Kier molecular flexibility index (Phi) is 3.77. The van der Waals surface area contributed by atoms with Crippen molar-refractivity contribution in [3.8, 4) is 17.2 Å². The third kappa shape index (κ3) is 1.71. The van der Waals surface area contributed by atoms with Crippen LogP contribution in [0.4, 0.5) is 0 Å². The van der Waals surface area contributed by atoms with E-state index in [1.807, 2.05) is 13.8 Å². The first-order chi connectivity index (χ1) is 7.62. The highest BCUT2D eigenvalue weighted by Gasteiger charge is 2.21. The highest BCUT2D eigenvalue weighted by atomic mass is 16.5. The Hall–Kier alpha value is -1.71. The van der Waals surface area contributed by atoms with Crippen LogP contribution in [0, 0.1) is 13.8 Å². The Morgan fingerprint density at radius 1 is 0.812 bits per heavy atom. The van der Waals surface area contributed by atoms with Gasteiger partial charge in [-0.15, -0.1) is 0 Å². The fraction of sp³-hybridized carbons (Fsp3) is 0.417. The van der Waals surface area contributed by atoms with Gasteiger partial charge in [-0.3, -0.25) is 4.79 Å². The highest BCUT2D eigenvalue weighted by Crippen LogP contribution is 2.42. The molecule has 0 heterocycles. The number of carbonyl (C=O) groups is 1. The zero-order valence-corrected chi connectivity index (χ0v) is 10.2. The van der Waals surface area contributed by atoms with Crippen molar-refractivity contribution in [3.05, 3.63) is 16.7 Å². The third-order valence-electron chi connectivity index (χ3n) is 2.61. The molecule has 0 saturated carbocycles. The summed E-state index contributed by atoms with van der Waals surface area (Å²) >= 11 is 0. The first-order valence-electron chi connectivity index (χ1n) is 4.86. The summed E-state index contributed by atoms with van der Waals surface area (Å²) in [7, 11) is 4.61. The van der Waals surface area contributed by atoms with E-state index in [0.29, 0.717) is 22.8 Å². The van der Waals surface area contributed by atoms with E-state index in [9.17, 15) is 4.79 Å². The van der Waals surface area contributed by atoms with Crippen LogP contribution in [0.1, 0.15) is 21.5 Å². The molecule has 0 saturated heterocycles. The number of methoxy groups -OCH3 is 3. The number of hydrogen-bond donors (Lipinski definition) is 0. The topological polar surface area (TPSA) is 44.8 Å². The number of hydrogen-bond acceptors (Lipinski definition) is 4. The van der Waals surface area contributed by atoms with Crippen molar-refractivity contribution in [2.45, 2.75) is 13.8 Å². The van der Waals surface area contributed by atoms with E-state index in [1.165, 1.54) is 14.2 Å². The minimum atomic E-state index is 0.452.